The van der Waals surface area contributed by atoms with Crippen LogP contribution in [0.15, 0.2) is 60.7 Å². The molecule has 0 saturated carbocycles. The number of rotatable bonds is 5. The van der Waals surface area contributed by atoms with Crippen molar-refractivity contribution in [3.63, 3.8) is 0 Å². The third kappa shape index (κ3) is 5.29. The Balaban J connectivity index is 1.66. The Morgan fingerprint density at radius 3 is 1.80 bits per heavy atom. The molecule has 1 atom stereocenters. The lowest BCUT2D eigenvalue weighted by molar-refractivity contribution is -0.142. The molecule has 1 unspecified atom stereocenters. The molecule has 0 bridgehead atoms. The molecule has 30 heavy (non-hydrogen) atoms. The molecule has 1 aliphatic rings. The Hall–Kier alpha value is -2.62. The van der Waals surface area contributed by atoms with Gasteiger partial charge >= 0.3 is 0 Å². The Morgan fingerprint density at radius 2 is 1.37 bits per heavy atom. The van der Waals surface area contributed by atoms with Crippen molar-refractivity contribution in [2.45, 2.75) is 52.5 Å². The fraction of sp³-hybridized carbons (Fsp3) is 0.462. The SMILES string of the molecule is CC(NC(=O)C1CCN(C(=O)C(C)(C)C)CC1)C(c1ccccc1)c1ccccc1. The molecule has 1 saturated heterocycles. The van der Waals surface area contributed by atoms with E-state index in [2.05, 4.69) is 36.5 Å². The maximum atomic E-state index is 13.0. The molecule has 1 fully saturated rings. The topological polar surface area (TPSA) is 49.4 Å². The van der Waals surface area contributed by atoms with Gasteiger partial charge in [0.15, 0.2) is 0 Å². The third-order valence-corrected chi connectivity index (χ3v) is 5.98. The van der Waals surface area contributed by atoms with Crippen LogP contribution in [0, 0.1) is 11.3 Å². The van der Waals surface area contributed by atoms with Gasteiger partial charge in [-0.05, 0) is 30.9 Å². The summed E-state index contributed by atoms with van der Waals surface area (Å²) in [6, 6.07) is 20.7. The van der Waals surface area contributed by atoms with E-state index in [1.807, 2.05) is 62.1 Å². The fourth-order valence-electron chi connectivity index (χ4n) is 4.34. The lowest BCUT2D eigenvalue weighted by atomic mass is 9.85. The number of carbonyl (C=O) groups excluding carboxylic acids is 2. The number of likely N-dealkylation sites (tertiary alicyclic amines) is 1. The minimum atomic E-state index is -0.373. The van der Waals surface area contributed by atoms with Gasteiger partial charge in [0.05, 0.1) is 0 Å². The molecule has 0 aliphatic carbocycles. The number of amides is 2. The Morgan fingerprint density at radius 1 is 0.900 bits per heavy atom. The van der Waals surface area contributed by atoms with Gasteiger partial charge in [0.2, 0.25) is 11.8 Å². The quantitative estimate of drug-likeness (QED) is 0.788. The monoisotopic (exact) mass is 406 g/mol. The number of nitrogens with one attached hydrogen (secondary N) is 1. The summed E-state index contributed by atoms with van der Waals surface area (Å²) in [6.07, 6.45) is 1.45. The van der Waals surface area contributed by atoms with Gasteiger partial charge in [0.25, 0.3) is 0 Å². The predicted molar refractivity (Wildman–Crippen MR) is 121 cm³/mol. The average molecular weight is 407 g/mol. The summed E-state index contributed by atoms with van der Waals surface area (Å²) >= 11 is 0. The zero-order chi connectivity index (χ0) is 21.7. The summed E-state index contributed by atoms with van der Waals surface area (Å²) in [5, 5.41) is 3.28. The van der Waals surface area contributed by atoms with E-state index in [-0.39, 0.29) is 35.1 Å². The van der Waals surface area contributed by atoms with Crippen LogP contribution < -0.4 is 5.32 Å². The molecule has 2 aromatic rings. The lowest BCUT2D eigenvalue weighted by Crippen LogP contribution is -2.48. The van der Waals surface area contributed by atoms with E-state index in [9.17, 15) is 9.59 Å². The molecule has 2 amide bonds. The van der Waals surface area contributed by atoms with Crippen LogP contribution in [0.2, 0.25) is 0 Å². The van der Waals surface area contributed by atoms with Crippen LogP contribution >= 0.6 is 0 Å². The van der Waals surface area contributed by atoms with Crippen LogP contribution in [-0.4, -0.2) is 35.8 Å². The van der Waals surface area contributed by atoms with E-state index >= 15 is 0 Å². The standard InChI is InChI=1S/C26H34N2O2/c1-19(23(20-11-7-5-8-12-20)21-13-9-6-10-14-21)27-24(29)22-15-17-28(18-16-22)25(30)26(2,3)4/h5-14,19,22-23H,15-18H2,1-4H3,(H,27,29). The molecule has 3 rings (SSSR count). The molecule has 0 radical (unpaired) electrons. The highest BCUT2D eigenvalue weighted by Crippen LogP contribution is 2.29. The van der Waals surface area contributed by atoms with Gasteiger partial charge in [-0.15, -0.1) is 0 Å². The van der Waals surface area contributed by atoms with Crippen molar-refractivity contribution in [3.05, 3.63) is 71.8 Å². The number of benzene rings is 2. The molecule has 0 spiro atoms. The predicted octanol–water partition coefficient (Wildman–Crippen LogP) is 4.61. The van der Waals surface area contributed by atoms with Gasteiger partial charge in [0, 0.05) is 36.4 Å². The van der Waals surface area contributed by atoms with Gasteiger partial charge in [-0.1, -0.05) is 81.4 Å². The smallest absolute Gasteiger partial charge is 0.227 e. The molecular formula is C26H34N2O2. The normalized spacial score (nSPS) is 16.4. The van der Waals surface area contributed by atoms with Crippen LogP contribution in [0.5, 0.6) is 0 Å². The first-order valence-electron chi connectivity index (χ1n) is 11.0. The van der Waals surface area contributed by atoms with Crippen molar-refractivity contribution < 1.29 is 9.59 Å². The van der Waals surface area contributed by atoms with Crippen molar-refractivity contribution in [2.24, 2.45) is 11.3 Å². The summed E-state index contributed by atoms with van der Waals surface area (Å²) in [5.41, 5.74) is 2.02. The van der Waals surface area contributed by atoms with E-state index in [4.69, 9.17) is 0 Å². The zero-order valence-corrected chi connectivity index (χ0v) is 18.6. The van der Waals surface area contributed by atoms with E-state index in [0.29, 0.717) is 13.1 Å². The second-order valence-electron chi connectivity index (χ2n) is 9.41. The van der Waals surface area contributed by atoms with E-state index < -0.39 is 0 Å². The van der Waals surface area contributed by atoms with Gasteiger partial charge in [0.1, 0.15) is 0 Å². The van der Waals surface area contributed by atoms with Crippen molar-refractivity contribution in [1.82, 2.24) is 10.2 Å². The summed E-state index contributed by atoms with van der Waals surface area (Å²) in [6.45, 7) is 9.24. The van der Waals surface area contributed by atoms with Gasteiger partial charge < -0.3 is 10.2 Å². The summed E-state index contributed by atoms with van der Waals surface area (Å²) in [7, 11) is 0. The first-order valence-corrected chi connectivity index (χ1v) is 11.0. The summed E-state index contributed by atoms with van der Waals surface area (Å²) in [5.74, 6) is 0.327. The highest BCUT2D eigenvalue weighted by atomic mass is 16.2. The van der Waals surface area contributed by atoms with Crippen molar-refractivity contribution >= 4 is 11.8 Å². The van der Waals surface area contributed by atoms with E-state index in [1.165, 1.54) is 11.1 Å². The fourth-order valence-corrected chi connectivity index (χ4v) is 4.34. The van der Waals surface area contributed by atoms with Crippen LogP contribution in [-0.2, 0) is 9.59 Å². The minimum absolute atomic E-state index is 0.0310. The maximum absolute atomic E-state index is 13.0. The number of hydrogen-bond donors (Lipinski definition) is 1. The Kier molecular flexibility index (Phi) is 6.96. The lowest BCUT2D eigenvalue weighted by Gasteiger charge is -2.36. The largest absolute Gasteiger partial charge is 0.352 e. The number of nitrogens with zero attached hydrogens (tertiary/aromatic N) is 1. The molecule has 1 N–H and O–H groups in total. The number of carbonyl (C=O) groups is 2. The molecule has 160 valence electrons. The van der Waals surface area contributed by atoms with Crippen molar-refractivity contribution in [3.8, 4) is 0 Å². The molecule has 1 aliphatic heterocycles. The van der Waals surface area contributed by atoms with E-state index in [0.717, 1.165) is 12.8 Å². The molecular weight excluding hydrogens is 372 g/mol. The number of piperidine rings is 1. The van der Waals surface area contributed by atoms with Crippen molar-refractivity contribution in [2.75, 3.05) is 13.1 Å². The Labute approximate surface area is 180 Å². The molecule has 1 heterocycles. The molecule has 2 aromatic carbocycles. The third-order valence-electron chi connectivity index (χ3n) is 5.98. The first-order chi connectivity index (χ1) is 14.3. The van der Waals surface area contributed by atoms with Crippen LogP contribution in [0.1, 0.15) is 57.6 Å². The van der Waals surface area contributed by atoms with E-state index in [1.54, 1.807) is 0 Å². The minimum Gasteiger partial charge on any atom is -0.352 e. The van der Waals surface area contributed by atoms with Crippen LogP contribution in [0.3, 0.4) is 0 Å². The highest BCUT2D eigenvalue weighted by molar-refractivity contribution is 5.83. The first kappa shape index (κ1) is 22.1. The number of hydrogen-bond acceptors (Lipinski definition) is 2. The van der Waals surface area contributed by atoms with Gasteiger partial charge in [-0.3, -0.25) is 9.59 Å². The summed E-state index contributed by atoms with van der Waals surface area (Å²) < 4.78 is 0. The highest BCUT2D eigenvalue weighted by Gasteiger charge is 2.33. The zero-order valence-electron chi connectivity index (χ0n) is 18.6. The maximum Gasteiger partial charge on any atom is 0.227 e. The van der Waals surface area contributed by atoms with Crippen LogP contribution in [0.4, 0.5) is 0 Å². The molecule has 4 nitrogen and oxygen atoms in total. The van der Waals surface area contributed by atoms with Crippen LogP contribution in [0.25, 0.3) is 0 Å². The second kappa shape index (κ2) is 9.46. The average Bonchev–Trinajstić information content (AvgIpc) is 2.74. The van der Waals surface area contributed by atoms with Gasteiger partial charge in [-0.2, -0.15) is 0 Å². The van der Waals surface area contributed by atoms with Crippen molar-refractivity contribution in [1.29, 1.82) is 0 Å². The Bertz CT molecular complexity index is 795. The van der Waals surface area contributed by atoms with Gasteiger partial charge in [-0.25, -0.2) is 0 Å². The molecule has 0 aromatic heterocycles. The molecule has 4 heteroatoms. The summed E-state index contributed by atoms with van der Waals surface area (Å²) in [4.78, 5) is 27.4. The second-order valence-corrected chi connectivity index (χ2v) is 9.41.